The summed E-state index contributed by atoms with van der Waals surface area (Å²) < 4.78 is 44.3. The molecule has 0 saturated carbocycles. The number of piperidine rings is 1. The van der Waals surface area contributed by atoms with Gasteiger partial charge in [-0.05, 0) is 42.0 Å². The maximum atomic E-state index is 13.0. The maximum Gasteiger partial charge on any atom is 0.416 e. The highest BCUT2D eigenvalue weighted by Crippen LogP contribution is 2.34. The number of alkyl halides is 3. The van der Waals surface area contributed by atoms with E-state index >= 15 is 0 Å². The molecule has 1 saturated heterocycles. The van der Waals surface area contributed by atoms with Crippen LogP contribution in [-0.4, -0.2) is 23.2 Å². The SMILES string of the molecule is CCc1ccc(C2CNCC(c3nc(-c4cccc(C(F)(F)F)c4)no3)C2)cc1. The van der Waals surface area contributed by atoms with Crippen LogP contribution in [0.3, 0.4) is 0 Å². The number of nitrogens with one attached hydrogen (secondary N) is 1. The van der Waals surface area contributed by atoms with Gasteiger partial charge in [-0.25, -0.2) is 0 Å². The molecule has 2 atom stereocenters. The number of hydrogen-bond donors (Lipinski definition) is 1. The molecule has 7 heteroatoms. The molecule has 2 aromatic carbocycles. The molecule has 29 heavy (non-hydrogen) atoms. The first-order chi connectivity index (χ1) is 13.9. The van der Waals surface area contributed by atoms with Crippen LogP contribution >= 0.6 is 0 Å². The summed E-state index contributed by atoms with van der Waals surface area (Å²) in [5.41, 5.74) is 2.13. The van der Waals surface area contributed by atoms with E-state index < -0.39 is 11.7 Å². The van der Waals surface area contributed by atoms with Crippen LogP contribution in [0.5, 0.6) is 0 Å². The predicted octanol–water partition coefficient (Wildman–Crippen LogP) is 5.18. The average molecular weight is 401 g/mol. The van der Waals surface area contributed by atoms with Gasteiger partial charge in [-0.15, -0.1) is 0 Å². The highest BCUT2D eigenvalue weighted by atomic mass is 19.4. The highest BCUT2D eigenvalue weighted by Gasteiger charge is 2.31. The summed E-state index contributed by atoms with van der Waals surface area (Å²) in [6.45, 7) is 3.70. The molecule has 4 nitrogen and oxygen atoms in total. The molecule has 0 aliphatic carbocycles. The molecule has 2 heterocycles. The van der Waals surface area contributed by atoms with E-state index in [1.807, 2.05) is 0 Å². The third-order valence-corrected chi connectivity index (χ3v) is 5.45. The van der Waals surface area contributed by atoms with E-state index in [9.17, 15) is 13.2 Å². The highest BCUT2D eigenvalue weighted by molar-refractivity contribution is 5.55. The summed E-state index contributed by atoms with van der Waals surface area (Å²) in [7, 11) is 0. The van der Waals surface area contributed by atoms with Gasteiger partial charge < -0.3 is 9.84 Å². The van der Waals surface area contributed by atoms with E-state index in [1.165, 1.54) is 17.2 Å². The van der Waals surface area contributed by atoms with Crippen LogP contribution in [0.1, 0.15) is 47.8 Å². The standard InChI is InChI=1S/C22H22F3N3O/c1-2-14-6-8-15(9-7-14)17-10-18(13-26-12-17)21-27-20(28-29-21)16-4-3-5-19(11-16)22(23,24)25/h3-9,11,17-18,26H,2,10,12-13H2,1H3. The van der Waals surface area contributed by atoms with Crippen molar-refractivity contribution in [2.75, 3.05) is 13.1 Å². The molecule has 3 aromatic rings. The summed E-state index contributed by atoms with van der Waals surface area (Å²) in [6, 6.07) is 13.6. The number of aryl methyl sites for hydroxylation is 1. The van der Waals surface area contributed by atoms with Gasteiger partial charge in [0.15, 0.2) is 0 Å². The van der Waals surface area contributed by atoms with Gasteiger partial charge in [-0.1, -0.05) is 48.5 Å². The first kappa shape index (κ1) is 19.6. The van der Waals surface area contributed by atoms with E-state index in [4.69, 9.17) is 4.52 Å². The van der Waals surface area contributed by atoms with Crippen molar-refractivity contribution in [1.29, 1.82) is 0 Å². The lowest BCUT2D eigenvalue weighted by molar-refractivity contribution is -0.137. The van der Waals surface area contributed by atoms with Crippen molar-refractivity contribution in [3.8, 4) is 11.4 Å². The minimum atomic E-state index is -4.41. The van der Waals surface area contributed by atoms with Crippen LogP contribution in [0.2, 0.25) is 0 Å². The van der Waals surface area contributed by atoms with Gasteiger partial charge in [0.25, 0.3) is 0 Å². The lowest BCUT2D eigenvalue weighted by atomic mass is 9.85. The van der Waals surface area contributed by atoms with Gasteiger partial charge in [-0.2, -0.15) is 18.2 Å². The van der Waals surface area contributed by atoms with Crippen LogP contribution in [0.4, 0.5) is 13.2 Å². The van der Waals surface area contributed by atoms with Gasteiger partial charge in [0.2, 0.25) is 11.7 Å². The summed E-state index contributed by atoms with van der Waals surface area (Å²) >= 11 is 0. The molecule has 1 aliphatic heterocycles. The zero-order chi connectivity index (χ0) is 20.4. The zero-order valence-electron chi connectivity index (χ0n) is 16.0. The van der Waals surface area contributed by atoms with Gasteiger partial charge in [0, 0.05) is 18.7 Å². The topological polar surface area (TPSA) is 51.0 Å². The number of nitrogens with zero attached hydrogens (tertiary/aromatic N) is 2. The minimum Gasteiger partial charge on any atom is -0.339 e. The number of benzene rings is 2. The summed E-state index contributed by atoms with van der Waals surface area (Å²) in [4.78, 5) is 4.40. The number of halogens is 3. The van der Waals surface area contributed by atoms with Crippen LogP contribution < -0.4 is 5.32 Å². The molecule has 0 amide bonds. The first-order valence-corrected chi connectivity index (χ1v) is 9.75. The summed E-state index contributed by atoms with van der Waals surface area (Å²) in [5.74, 6) is 0.982. The Morgan fingerprint density at radius 1 is 1.07 bits per heavy atom. The Kier molecular flexibility index (Phi) is 5.41. The number of aromatic nitrogens is 2. The Labute approximate surface area is 167 Å². The van der Waals surface area contributed by atoms with Crippen molar-refractivity contribution in [3.05, 3.63) is 71.1 Å². The maximum absolute atomic E-state index is 13.0. The number of rotatable bonds is 4. The van der Waals surface area contributed by atoms with E-state index in [0.717, 1.165) is 31.5 Å². The van der Waals surface area contributed by atoms with E-state index in [2.05, 4.69) is 46.6 Å². The van der Waals surface area contributed by atoms with E-state index in [1.54, 1.807) is 6.07 Å². The third-order valence-electron chi connectivity index (χ3n) is 5.45. The van der Waals surface area contributed by atoms with E-state index in [-0.39, 0.29) is 11.7 Å². The van der Waals surface area contributed by atoms with E-state index in [0.29, 0.717) is 23.9 Å². The summed E-state index contributed by atoms with van der Waals surface area (Å²) in [5, 5.41) is 7.34. The second-order valence-electron chi connectivity index (χ2n) is 7.42. The van der Waals surface area contributed by atoms with Crippen molar-refractivity contribution >= 4 is 0 Å². The van der Waals surface area contributed by atoms with Gasteiger partial charge in [0.1, 0.15) is 0 Å². The molecular formula is C22H22F3N3O. The molecule has 1 N–H and O–H groups in total. The Morgan fingerprint density at radius 2 is 1.83 bits per heavy atom. The molecule has 1 fully saturated rings. The second-order valence-corrected chi connectivity index (χ2v) is 7.42. The van der Waals surface area contributed by atoms with Crippen molar-refractivity contribution in [1.82, 2.24) is 15.5 Å². The van der Waals surface area contributed by atoms with Gasteiger partial charge in [-0.3, -0.25) is 0 Å². The van der Waals surface area contributed by atoms with Crippen LogP contribution in [0, 0.1) is 0 Å². The number of hydrogen-bond acceptors (Lipinski definition) is 4. The van der Waals surface area contributed by atoms with Crippen molar-refractivity contribution in [2.45, 2.75) is 37.8 Å². The molecule has 152 valence electrons. The quantitative estimate of drug-likeness (QED) is 0.655. The normalized spacial score (nSPS) is 20.0. The van der Waals surface area contributed by atoms with Crippen molar-refractivity contribution < 1.29 is 17.7 Å². The first-order valence-electron chi connectivity index (χ1n) is 9.75. The largest absolute Gasteiger partial charge is 0.416 e. The average Bonchev–Trinajstić information content (AvgIpc) is 3.24. The Bertz CT molecular complexity index is 966. The molecule has 1 aromatic heterocycles. The monoisotopic (exact) mass is 401 g/mol. The molecule has 4 rings (SSSR count). The Morgan fingerprint density at radius 3 is 2.55 bits per heavy atom. The minimum absolute atomic E-state index is 0.0200. The summed E-state index contributed by atoms with van der Waals surface area (Å²) in [6.07, 6.45) is -2.55. The Hall–Kier alpha value is -2.67. The lowest BCUT2D eigenvalue weighted by Gasteiger charge is -2.28. The van der Waals surface area contributed by atoms with Gasteiger partial charge in [0.05, 0.1) is 11.5 Å². The van der Waals surface area contributed by atoms with Crippen molar-refractivity contribution in [3.63, 3.8) is 0 Å². The van der Waals surface area contributed by atoms with Crippen LogP contribution in [0.25, 0.3) is 11.4 Å². The fourth-order valence-electron chi connectivity index (χ4n) is 3.76. The second kappa shape index (κ2) is 7.99. The fraction of sp³-hybridized carbons (Fsp3) is 0.364. The predicted molar refractivity (Wildman–Crippen MR) is 104 cm³/mol. The fourth-order valence-corrected chi connectivity index (χ4v) is 3.76. The van der Waals surface area contributed by atoms with Crippen LogP contribution in [-0.2, 0) is 12.6 Å². The molecule has 0 radical (unpaired) electrons. The Balaban J connectivity index is 1.51. The molecular weight excluding hydrogens is 379 g/mol. The van der Waals surface area contributed by atoms with Crippen LogP contribution in [0.15, 0.2) is 53.1 Å². The smallest absolute Gasteiger partial charge is 0.339 e. The van der Waals surface area contributed by atoms with Gasteiger partial charge >= 0.3 is 6.18 Å². The molecule has 0 spiro atoms. The molecule has 0 bridgehead atoms. The zero-order valence-corrected chi connectivity index (χ0v) is 16.0. The van der Waals surface area contributed by atoms with Crippen molar-refractivity contribution in [2.24, 2.45) is 0 Å². The molecule has 2 unspecified atom stereocenters. The lowest BCUT2D eigenvalue weighted by Crippen LogP contribution is -2.34. The molecule has 1 aliphatic rings. The third kappa shape index (κ3) is 4.34.